The van der Waals surface area contributed by atoms with E-state index in [9.17, 15) is 9.59 Å². The van der Waals surface area contributed by atoms with E-state index in [2.05, 4.69) is 18.8 Å². The second-order valence-corrected chi connectivity index (χ2v) is 6.77. The predicted molar refractivity (Wildman–Crippen MR) is 82.5 cm³/mol. The van der Waals surface area contributed by atoms with Crippen LogP contribution in [0.4, 0.5) is 0 Å². The van der Waals surface area contributed by atoms with Crippen LogP contribution in [0.2, 0.25) is 0 Å². The lowest BCUT2D eigenvalue weighted by molar-refractivity contribution is -0.141. The number of carboxylic acids is 1. The molecule has 0 fully saturated rings. The van der Waals surface area contributed by atoms with Crippen molar-refractivity contribution in [2.45, 2.75) is 36.9 Å². The molecular weight excluding hydrogens is 310 g/mol. The number of hydrogen-bond donors (Lipinski definition) is 1. The third kappa shape index (κ3) is 4.18. The number of carbonyl (C=O) groups is 2. The van der Waals surface area contributed by atoms with Gasteiger partial charge in [0.25, 0.3) is 0 Å². The molecule has 1 aromatic carbocycles. The van der Waals surface area contributed by atoms with Gasteiger partial charge in [0.2, 0.25) is 0 Å². The van der Waals surface area contributed by atoms with E-state index in [-0.39, 0.29) is 12.8 Å². The molecule has 0 spiro atoms. The molecule has 1 aromatic heterocycles. The summed E-state index contributed by atoms with van der Waals surface area (Å²) >= 11 is 2.34. The predicted octanol–water partition coefficient (Wildman–Crippen LogP) is 3.83. The minimum absolute atomic E-state index is 0.134. The number of benzene rings is 1. The zero-order valence-electron chi connectivity index (χ0n) is 11.7. The lowest BCUT2D eigenvalue weighted by Gasteiger charge is -2.04. The lowest BCUT2D eigenvalue weighted by Crippen LogP contribution is -2.03. The van der Waals surface area contributed by atoms with Crippen molar-refractivity contribution in [2.24, 2.45) is 0 Å². The van der Waals surface area contributed by atoms with Gasteiger partial charge in [-0.05, 0) is 17.5 Å². The van der Waals surface area contributed by atoms with Gasteiger partial charge in [0.1, 0.15) is 12.0 Å². The fourth-order valence-electron chi connectivity index (χ4n) is 1.78. The van der Waals surface area contributed by atoms with E-state index in [1.165, 1.54) is 11.3 Å². The van der Waals surface area contributed by atoms with Crippen molar-refractivity contribution in [1.82, 2.24) is 4.98 Å². The van der Waals surface area contributed by atoms with Crippen LogP contribution in [0.1, 0.15) is 38.2 Å². The second kappa shape index (κ2) is 6.91. The van der Waals surface area contributed by atoms with Crippen LogP contribution in [0.15, 0.2) is 22.5 Å². The number of para-hydroxylation sites is 1. The Labute approximate surface area is 130 Å². The number of carbonyl (C=O) groups excluding carboxylic acids is 1. The fourth-order valence-corrected chi connectivity index (χ4v) is 3.40. The summed E-state index contributed by atoms with van der Waals surface area (Å²) in [5, 5.41) is 8.50. The monoisotopic (exact) mass is 325 g/mol. The summed E-state index contributed by atoms with van der Waals surface area (Å²) in [5.74, 6) is -1.20. The Balaban J connectivity index is 2.05. The Kier molecular flexibility index (Phi) is 5.19. The molecular formula is C14H15NO4S2. The van der Waals surface area contributed by atoms with Crippen LogP contribution in [-0.4, -0.2) is 22.0 Å². The zero-order chi connectivity index (χ0) is 15.4. The summed E-state index contributed by atoms with van der Waals surface area (Å²) in [4.78, 5) is 26.2. The van der Waals surface area contributed by atoms with Crippen LogP contribution in [0.5, 0.6) is 0 Å². The topological polar surface area (TPSA) is 76.5 Å². The van der Waals surface area contributed by atoms with E-state index in [1.54, 1.807) is 0 Å². The Morgan fingerprint density at radius 1 is 1.38 bits per heavy atom. The maximum atomic E-state index is 11.4. The first-order chi connectivity index (χ1) is 9.97. The largest absolute Gasteiger partial charge is 0.481 e. The molecule has 112 valence electrons. The summed E-state index contributed by atoms with van der Waals surface area (Å²) in [6.07, 6.45) is -0.360. The van der Waals surface area contributed by atoms with Crippen molar-refractivity contribution in [3.05, 3.63) is 23.8 Å². The molecule has 2 rings (SSSR count). The molecule has 0 radical (unpaired) electrons. The first kappa shape index (κ1) is 15.8. The fraction of sp³-hybridized carbons (Fsp3) is 0.357. The summed E-state index contributed by atoms with van der Waals surface area (Å²) in [5.41, 5.74) is 2.09. The third-order valence-corrected chi connectivity index (χ3v) is 4.57. The average molecular weight is 325 g/mol. The molecule has 0 atom stereocenters. The molecule has 0 bridgehead atoms. The molecule has 1 N–H and O–H groups in total. The van der Waals surface area contributed by atoms with Gasteiger partial charge in [0.15, 0.2) is 4.34 Å². The van der Waals surface area contributed by atoms with E-state index in [4.69, 9.17) is 9.29 Å². The van der Waals surface area contributed by atoms with Gasteiger partial charge in [-0.15, -0.1) is 11.3 Å². The van der Waals surface area contributed by atoms with Crippen LogP contribution < -0.4 is 0 Å². The lowest BCUT2D eigenvalue weighted by atomic mass is 10.0. The SMILES string of the molecule is CC(C)c1cccc2sc(SOC(=O)CCC(=O)O)nc12. The normalized spacial score (nSPS) is 11.0. The molecule has 21 heavy (non-hydrogen) atoms. The Bertz CT molecular complexity index is 666. The summed E-state index contributed by atoms with van der Waals surface area (Å²) < 4.78 is 6.66. The highest BCUT2D eigenvalue weighted by Gasteiger charge is 2.13. The van der Waals surface area contributed by atoms with Crippen molar-refractivity contribution >= 4 is 45.5 Å². The van der Waals surface area contributed by atoms with Gasteiger partial charge in [-0.25, -0.2) is 4.98 Å². The molecule has 0 unspecified atom stereocenters. The first-order valence-corrected chi connectivity index (χ1v) is 8.01. The minimum Gasteiger partial charge on any atom is -0.481 e. The van der Waals surface area contributed by atoms with Gasteiger partial charge in [-0.1, -0.05) is 26.0 Å². The number of hydrogen-bond acceptors (Lipinski definition) is 6. The second-order valence-electron chi connectivity index (χ2n) is 4.76. The van der Waals surface area contributed by atoms with E-state index in [1.807, 2.05) is 18.2 Å². The van der Waals surface area contributed by atoms with Gasteiger partial charge in [-0.3, -0.25) is 9.59 Å². The van der Waals surface area contributed by atoms with E-state index < -0.39 is 11.9 Å². The quantitative estimate of drug-likeness (QED) is 0.813. The summed E-state index contributed by atoms with van der Waals surface area (Å²) in [6, 6.07) is 6.01. The third-order valence-electron chi connectivity index (χ3n) is 2.80. The van der Waals surface area contributed by atoms with E-state index >= 15 is 0 Å². The van der Waals surface area contributed by atoms with Crippen molar-refractivity contribution in [1.29, 1.82) is 0 Å². The van der Waals surface area contributed by atoms with Gasteiger partial charge in [-0.2, -0.15) is 0 Å². The Hall–Kier alpha value is -1.60. The molecule has 0 aliphatic rings. The van der Waals surface area contributed by atoms with Crippen LogP contribution >= 0.6 is 23.4 Å². The Morgan fingerprint density at radius 3 is 2.81 bits per heavy atom. The van der Waals surface area contributed by atoms with E-state index in [0.29, 0.717) is 10.3 Å². The zero-order valence-corrected chi connectivity index (χ0v) is 13.3. The highest BCUT2D eigenvalue weighted by molar-refractivity contribution is 7.97. The van der Waals surface area contributed by atoms with Crippen molar-refractivity contribution in [3.63, 3.8) is 0 Å². The van der Waals surface area contributed by atoms with Gasteiger partial charge in [0, 0.05) is 0 Å². The number of rotatable bonds is 6. The van der Waals surface area contributed by atoms with Gasteiger partial charge < -0.3 is 9.29 Å². The van der Waals surface area contributed by atoms with Crippen LogP contribution in [0.25, 0.3) is 10.2 Å². The molecule has 0 aliphatic heterocycles. The molecule has 0 amide bonds. The first-order valence-electron chi connectivity index (χ1n) is 6.46. The standard InChI is InChI=1S/C14H15NO4S2/c1-8(2)9-4-3-5-10-13(9)15-14(20-10)21-19-12(18)7-6-11(16)17/h3-5,8H,6-7H2,1-2H3,(H,16,17). The maximum absolute atomic E-state index is 11.4. The van der Waals surface area contributed by atoms with Crippen LogP contribution in [-0.2, 0) is 13.8 Å². The van der Waals surface area contributed by atoms with Gasteiger partial charge in [0.05, 0.1) is 23.1 Å². The number of carboxylic acid groups (broad SMARTS) is 1. The molecule has 0 saturated carbocycles. The maximum Gasteiger partial charge on any atom is 0.318 e. The molecule has 0 saturated heterocycles. The highest BCUT2D eigenvalue weighted by Crippen LogP contribution is 2.34. The van der Waals surface area contributed by atoms with E-state index in [0.717, 1.165) is 27.8 Å². The molecule has 5 nitrogen and oxygen atoms in total. The van der Waals surface area contributed by atoms with Crippen molar-refractivity contribution in [3.8, 4) is 0 Å². The molecule has 7 heteroatoms. The van der Waals surface area contributed by atoms with Crippen LogP contribution in [0, 0.1) is 0 Å². The average Bonchev–Trinajstić information content (AvgIpc) is 2.85. The summed E-state index contributed by atoms with van der Waals surface area (Å²) in [7, 11) is 0. The highest BCUT2D eigenvalue weighted by atomic mass is 32.2. The number of aliphatic carboxylic acids is 1. The van der Waals surface area contributed by atoms with Crippen molar-refractivity contribution in [2.75, 3.05) is 0 Å². The molecule has 1 heterocycles. The number of nitrogens with zero attached hydrogens (tertiary/aromatic N) is 1. The molecule has 2 aromatic rings. The van der Waals surface area contributed by atoms with Crippen molar-refractivity contribution < 1.29 is 18.9 Å². The minimum atomic E-state index is -1.02. The Morgan fingerprint density at radius 2 is 2.14 bits per heavy atom. The summed E-state index contributed by atoms with van der Waals surface area (Å²) in [6.45, 7) is 4.21. The number of fused-ring (bicyclic) bond motifs is 1. The molecule has 0 aliphatic carbocycles. The van der Waals surface area contributed by atoms with Crippen LogP contribution in [0.3, 0.4) is 0 Å². The number of thiazole rings is 1. The van der Waals surface area contributed by atoms with Gasteiger partial charge >= 0.3 is 11.9 Å². The smallest absolute Gasteiger partial charge is 0.318 e. The number of aromatic nitrogens is 1.